The fourth-order valence-electron chi connectivity index (χ4n) is 1.96. The van der Waals surface area contributed by atoms with Gasteiger partial charge in [-0.05, 0) is 18.8 Å². The van der Waals surface area contributed by atoms with Crippen molar-refractivity contribution in [3.63, 3.8) is 0 Å². The molecule has 0 spiro atoms. The molecule has 1 aromatic heterocycles. The van der Waals surface area contributed by atoms with Gasteiger partial charge in [-0.1, -0.05) is 25.4 Å². The van der Waals surface area contributed by atoms with Crippen molar-refractivity contribution in [2.75, 3.05) is 6.61 Å². The van der Waals surface area contributed by atoms with Gasteiger partial charge in [0.05, 0.1) is 6.04 Å². The molecule has 1 aromatic rings. The first-order chi connectivity index (χ1) is 7.72. The molecule has 0 radical (unpaired) electrons. The van der Waals surface area contributed by atoms with Crippen molar-refractivity contribution in [3.8, 4) is 0 Å². The largest absolute Gasteiger partial charge is 0.368 e. The SMILES string of the molecule is CCCC(N)c1noc(C2OCCC2C)n1. The lowest BCUT2D eigenvalue weighted by molar-refractivity contribution is 0.0661. The van der Waals surface area contributed by atoms with Gasteiger partial charge in [0, 0.05) is 6.61 Å². The van der Waals surface area contributed by atoms with Gasteiger partial charge in [-0.3, -0.25) is 0 Å². The molecule has 3 unspecified atom stereocenters. The predicted octanol–water partition coefficient (Wildman–Crippen LogP) is 1.97. The lowest BCUT2D eigenvalue weighted by atomic mass is 10.0. The molecule has 1 aliphatic rings. The Morgan fingerprint density at radius 3 is 3.00 bits per heavy atom. The minimum Gasteiger partial charge on any atom is -0.368 e. The average molecular weight is 225 g/mol. The van der Waals surface area contributed by atoms with Crippen molar-refractivity contribution in [3.05, 3.63) is 11.7 Å². The number of aromatic nitrogens is 2. The highest BCUT2D eigenvalue weighted by Gasteiger charge is 2.31. The van der Waals surface area contributed by atoms with Crippen molar-refractivity contribution in [1.29, 1.82) is 0 Å². The van der Waals surface area contributed by atoms with Crippen LogP contribution in [-0.2, 0) is 4.74 Å². The van der Waals surface area contributed by atoms with Gasteiger partial charge in [0.2, 0.25) is 0 Å². The summed E-state index contributed by atoms with van der Waals surface area (Å²) < 4.78 is 10.8. The Morgan fingerprint density at radius 2 is 2.38 bits per heavy atom. The molecule has 90 valence electrons. The lowest BCUT2D eigenvalue weighted by Gasteiger charge is -2.08. The van der Waals surface area contributed by atoms with E-state index in [0.717, 1.165) is 25.9 Å². The van der Waals surface area contributed by atoms with Crippen molar-refractivity contribution >= 4 is 0 Å². The van der Waals surface area contributed by atoms with Gasteiger partial charge in [0.15, 0.2) is 5.82 Å². The van der Waals surface area contributed by atoms with Crippen LogP contribution in [0.5, 0.6) is 0 Å². The molecule has 0 saturated carbocycles. The summed E-state index contributed by atoms with van der Waals surface area (Å²) in [6.07, 6.45) is 2.89. The Labute approximate surface area is 95.3 Å². The van der Waals surface area contributed by atoms with Gasteiger partial charge in [0.25, 0.3) is 5.89 Å². The molecule has 1 aliphatic heterocycles. The maximum atomic E-state index is 5.93. The van der Waals surface area contributed by atoms with Crippen molar-refractivity contribution < 1.29 is 9.26 Å². The van der Waals surface area contributed by atoms with E-state index in [0.29, 0.717) is 17.6 Å². The Morgan fingerprint density at radius 1 is 1.56 bits per heavy atom. The van der Waals surface area contributed by atoms with Gasteiger partial charge in [-0.2, -0.15) is 4.98 Å². The molecule has 5 heteroatoms. The minimum atomic E-state index is -0.126. The third-order valence-electron chi connectivity index (χ3n) is 3.02. The third kappa shape index (κ3) is 2.25. The van der Waals surface area contributed by atoms with E-state index < -0.39 is 0 Å². The summed E-state index contributed by atoms with van der Waals surface area (Å²) in [5.74, 6) is 1.61. The zero-order chi connectivity index (χ0) is 11.5. The van der Waals surface area contributed by atoms with Crippen molar-refractivity contribution in [1.82, 2.24) is 10.1 Å². The molecule has 1 saturated heterocycles. The molecule has 2 rings (SSSR count). The molecule has 16 heavy (non-hydrogen) atoms. The van der Waals surface area contributed by atoms with Crippen LogP contribution in [0.2, 0.25) is 0 Å². The van der Waals surface area contributed by atoms with Gasteiger partial charge < -0.3 is 15.0 Å². The smallest absolute Gasteiger partial charge is 0.256 e. The summed E-state index contributed by atoms with van der Waals surface area (Å²) in [7, 11) is 0. The molecule has 0 bridgehead atoms. The number of ether oxygens (including phenoxy) is 1. The minimum absolute atomic E-state index is 0.0462. The van der Waals surface area contributed by atoms with E-state index in [9.17, 15) is 0 Å². The van der Waals surface area contributed by atoms with E-state index >= 15 is 0 Å². The van der Waals surface area contributed by atoms with Gasteiger partial charge in [-0.25, -0.2) is 0 Å². The summed E-state index contributed by atoms with van der Waals surface area (Å²) in [4.78, 5) is 4.33. The molecule has 0 amide bonds. The second-order valence-electron chi connectivity index (χ2n) is 4.44. The summed E-state index contributed by atoms with van der Waals surface area (Å²) in [5.41, 5.74) is 5.93. The van der Waals surface area contributed by atoms with Gasteiger partial charge >= 0.3 is 0 Å². The van der Waals surface area contributed by atoms with E-state index in [-0.39, 0.29) is 12.1 Å². The maximum Gasteiger partial charge on any atom is 0.256 e. The lowest BCUT2D eigenvalue weighted by Crippen LogP contribution is -2.12. The quantitative estimate of drug-likeness (QED) is 0.847. The summed E-state index contributed by atoms with van der Waals surface area (Å²) in [6, 6.07) is -0.126. The molecule has 5 nitrogen and oxygen atoms in total. The third-order valence-corrected chi connectivity index (χ3v) is 3.02. The number of hydrogen-bond donors (Lipinski definition) is 1. The topological polar surface area (TPSA) is 74.2 Å². The normalized spacial score (nSPS) is 27.2. The predicted molar refractivity (Wildman–Crippen MR) is 58.6 cm³/mol. The average Bonchev–Trinajstić information content (AvgIpc) is 2.86. The first-order valence-electron chi connectivity index (χ1n) is 5.93. The Balaban J connectivity index is 2.06. The van der Waals surface area contributed by atoms with Crippen LogP contribution in [0.3, 0.4) is 0 Å². The Hall–Kier alpha value is -0.940. The summed E-state index contributed by atoms with van der Waals surface area (Å²) in [5, 5.41) is 3.92. The molecule has 0 aromatic carbocycles. The number of hydrogen-bond acceptors (Lipinski definition) is 5. The molecular weight excluding hydrogens is 206 g/mol. The van der Waals surface area contributed by atoms with Crippen molar-refractivity contribution in [2.45, 2.75) is 45.3 Å². The fourth-order valence-corrected chi connectivity index (χ4v) is 1.96. The van der Waals surface area contributed by atoms with Crippen LogP contribution < -0.4 is 5.73 Å². The van der Waals surface area contributed by atoms with Crippen LogP contribution in [0.15, 0.2) is 4.52 Å². The van der Waals surface area contributed by atoms with Crippen LogP contribution in [-0.4, -0.2) is 16.7 Å². The monoisotopic (exact) mass is 225 g/mol. The highest BCUT2D eigenvalue weighted by Crippen LogP contribution is 2.33. The van der Waals surface area contributed by atoms with Gasteiger partial charge in [-0.15, -0.1) is 0 Å². The maximum absolute atomic E-state index is 5.93. The van der Waals surface area contributed by atoms with Crippen LogP contribution >= 0.6 is 0 Å². The van der Waals surface area contributed by atoms with E-state index in [1.807, 2.05) is 0 Å². The molecule has 2 heterocycles. The van der Waals surface area contributed by atoms with Gasteiger partial charge in [0.1, 0.15) is 6.10 Å². The van der Waals surface area contributed by atoms with Crippen LogP contribution in [0.1, 0.15) is 57.0 Å². The summed E-state index contributed by atoms with van der Waals surface area (Å²) >= 11 is 0. The Bertz CT molecular complexity index is 340. The molecule has 3 atom stereocenters. The van der Waals surface area contributed by atoms with Crippen LogP contribution in [0, 0.1) is 5.92 Å². The highest BCUT2D eigenvalue weighted by molar-refractivity contribution is 4.97. The fraction of sp³-hybridized carbons (Fsp3) is 0.818. The number of rotatable bonds is 4. The number of nitrogens with zero attached hydrogens (tertiary/aromatic N) is 2. The van der Waals surface area contributed by atoms with Crippen LogP contribution in [0.4, 0.5) is 0 Å². The molecule has 0 aliphatic carbocycles. The molecule has 1 fully saturated rings. The standard InChI is InChI=1S/C11H19N3O2/c1-3-4-8(12)10-13-11(16-14-10)9-7(2)5-6-15-9/h7-9H,3-6,12H2,1-2H3. The zero-order valence-corrected chi connectivity index (χ0v) is 9.85. The Kier molecular flexibility index (Phi) is 3.56. The second-order valence-corrected chi connectivity index (χ2v) is 4.44. The van der Waals surface area contributed by atoms with E-state index in [2.05, 4.69) is 24.0 Å². The molecular formula is C11H19N3O2. The zero-order valence-electron chi connectivity index (χ0n) is 9.85. The summed E-state index contributed by atoms with van der Waals surface area (Å²) in [6.45, 7) is 4.99. The molecule has 2 N–H and O–H groups in total. The van der Waals surface area contributed by atoms with Crippen LogP contribution in [0.25, 0.3) is 0 Å². The van der Waals surface area contributed by atoms with E-state index in [4.69, 9.17) is 15.0 Å². The first-order valence-corrected chi connectivity index (χ1v) is 5.93. The second kappa shape index (κ2) is 4.93. The van der Waals surface area contributed by atoms with E-state index in [1.54, 1.807) is 0 Å². The first kappa shape index (κ1) is 11.5. The van der Waals surface area contributed by atoms with Crippen molar-refractivity contribution in [2.24, 2.45) is 11.7 Å². The highest BCUT2D eigenvalue weighted by atomic mass is 16.5. The number of nitrogens with two attached hydrogens (primary N) is 1. The van der Waals surface area contributed by atoms with E-state index in [1.165, 1.54) is 0 Å².